The Morgan fingerprint density at radius 1 is 1.50 bits per heavy atom. The molecule has 0 amide bonds. The van der Waals surface area contributed by atoms with E-state index >= 15 is 0 Å². The van der Waals surface area contributed by atoms with Gasteiger partial charge in [-0.15, -0.1) is 6.58 Å². The molecule has 0 aliphatic carbocycles. The molecule has 1 atom stereocenters. The maximum absolute atomic E-state index is 11.6. The topological polar surface area (TPSA) is 0 Å². The second-order valence-electron chi connectivity index (χ2n) is 2.22. The standard InChI is InChI=1S/C7H11F3/c1-3-6(4-2)5-7(8,9)10/h3,6H,1,4-5H2,2H3. The molecule has 0 nitrogen and oxygen atoms in total. The summed E-state index contributed by atoms with van der Waals surface area (Å²) in [6, 6.07) is 0. The Bertz CT molecular complexity index is 104. The minimum Gasteiger partial charge on any atom is -0.171 e. The van der Waals surface area contributed by atoms with E-state index in [-0.39, 0.29) is 0 Å². The van der Waals surface area contributed by atoms with Gasteiger partial charge in [0.1, 0.15) is 0 Å². The predicted molar refractivity (Wildman–Crippen MR) is 34.6 cm³/mol. The molecule has 0 saturated carbocycles. The lowest BCUT2D eigenvalue weighted by molar-refractivity contribution is -0.141. The minimum atomic E-state index is -4.05. The first-order valence-electron chi connectivity index (χ1n) is 3.19. The van der Waals surface area contributed by atoms with E-state index < -0.39 is 18.5 Å². The molecule has 3 heteroatoms. The van der Waals surface area contributed by atoms with E-state index in [1.165, 1.54) is 6.08 Å². The van der Waals surface area contributed by atoms with Gasteiger partial charge in [0.25, 0.3) is 0 Å². The fourth-order valence-electron chi connectivity index (χ4n) is 0.692. The fraction of sp³-hybridized carbons (Fsp3) is 0.714. The van der Waals surface area contributed by atoms with Gasteiger partial charge in [0, 0.05) is 6.42 Å². The van der Waals surface area contributed by atoms with Crippen LogP contribution in [-0.4, -0.2) is 6.18 Å². The molecule has 60 valence electrons. The molecule has 0 aromatic rings. The van der Waals surface area contributed by atoms with Crippen molar-refractivity contribution in [2.24, 2.45) is 5.92 Å². The fourth-order valence-corrected chi connectivity index (χ4v) is 0.692. The summed E-state index contributed by atoms with van der Waals surface area (Å²) >= 11 is 0. The third kappa shape index (κ3) is 4.41. The average Bonchev–Trinajstić information content (AvgIpc) is 1.81. The van der Waals surface area contributed by atoms with Gasteiger partial charge in [-0.1, -0.05) is 13.0 Å². The summed E-state index contributed by atoms with van der Waals surface area (Å²) in [5.74, 6) is -0.417. The second-order valence-corrected chi connectivity index (χ2v) is 2.22. The largest absolute Gasteiger partial charge is 0.389 e. The monoisotopic (exact) mass is 152 g/mol. The van der Waals surface area contributed by atoms with Crippen molar-refractivity contribution < 1.29 is 13.2 Å². The van der Waals surface area contributed by atoms with Crippen LogP contribution < -0.4 is 0 Å². The normalized spacial score (nSPS) is 14.8. The number of alkyl halides is 3. The molecule has 0 heterocycles. The van der Waals surface area contributed by atoms with E-state index in [0.717, 1.165) is 0 Å². The van der Waals surface area contributed by atoms with Crippen LogP contribution in [0.15, 0.2) is 12.7 Å². The lowest BCUT2D eigenvalue weighted by atomic mass is 10.0. The molecule has 0 fully saturated rings. The SMILES string of the molecule is C=CC(CC)CC(F)(F)F. The summed E-state index contributed by atoms with van der Waals surface area (Å²) in [4.78, 5) is 0. The molecule has 10 heavy (non-hydrogen) atoms. The highest BCUT2D eigenvalue weighted by Gasteiger charge is 2.29. The van der Waals surface area contributed by atoms with Gasteiger partial charge in [-0.3, -0.25) is 0 Å². The highest BCUT2D eigenvalue weighted by Crippen LogP contribution is 2.26. The van der Waals surface area contributed by atoms with Crippen molar-refractivity contribution in [1.29, 1.82) is 0 Å². The van der Waals surface area contributed by atoms with Crippen molar-refractivity contribution in [3.63, 3.8) is 0 Å². The third-order valence-electron chi connectivity index (χ3n) is 1.35. The Kier molecular flexibility index (Phi) is 3.47. The first-order valence-corrected chi connectivity index (χ1v) is 3.19. The number of hydrogen-bond acceptors (Lipinski definition) is 0. The molecular formula is C7H11F3. The molecule has 0 rings (SSSR count). The summed E-state index contributed by atoms with van der Waals surface area (Å²) in [5, 5.41) is 0. The summed E-state index contributed by atoms with van der Waals surface area (Å²) in [6.07, 6.45) is -2.93. The molecule has 0 aliphatic rings. The molecule has 0 radical (unpaired) electrons. The summed E-state index contributed by atoms with van der Waals surface area (Å²) < 4.78 is 34.9. The van der Waals surface area contributed by atoms with Crippen LogP contribution in [0.1, 0.15) is 19.8 Å². The molecule has 1 unspecified atom stereocenters. The van der Waals surface area contributed by atoms with E-state index in [4.69, 9.17) is 0 Å². The molecular weight excluding hydrogens is 141 g/mol. The summed E-state index contributed by atoms with van der Waals surface area (Å²) in [7, 11) is 0. The number of hydrogen-bond donors (Lipinski definition) is 0. The van der Waals surface area contributed by atoms with Crippen molar-refractivity contribution in [2.45, 2.75) is 25.9 Å². The van der Waals surface area contributed by atoms with Gasteiger partial charge in [0.05, 0.1) is 0 Å². The van der Waals surface area contributed by atoms with E-state index in [0.29, 0.717) is 6.42 Å². The smallest absolute Gasteiger partial charge is 0.171 e. The van der Waals surface area contributed by atoms with Crippen LogP contribution in [0.2, 0.25) is 0 Å². The van der Waals surface area contributed by atoms with Crippen molar-refractivity contribution in [1.82, 2.24) is 0 Å². The minimum absolute atomic E-state index is 0.417. The van der Waals surface area contributed by atoms with E-state index in [2.05, 4.69) is 6.58 Å². The molecule has 0 N–H and O–H groups in total. The third-order valence-corrected chi connectivity index (χ3v) is 1.35. The Labute approximate surface area is 58.7 Å². The highest BCUT2D eigenvalue weighted by atomic mass is 19.4. The van der Waals surface area contributed by atoms with Crippen LogP contribution in [-0.2, 0) is 0 Å². The van der Waals surface area contributed by atoms with Gasteiger partial charge in [-0.2, -0.15) is 13.2 Å². The summed E-state index contributed by atoms with van der Waals surface area (Å²) in [6.45, 7) is 5.04. The average molecular weight is 152 g/mol. The number of allylic oxidation sites excluding steroid dienone is 1. The van der Waals surface area contributed by atoms with Gasteiger partial charge < -0.3 is 0 Å². The number of halogens is 3. The van der Waals surface area contributed by atoms with Crippen LogP contribution in [0.5, 0.6) is 0 Å². The maximum atomic E-state index is 11.6. The zero-order chi connectivity index (χ0) is 8.20. The molecule has 0 spiro atoms. The quantitative estimate of drug-likeness (QED) is 0.545. The van der Waals surface area contributed by atoms with Crippen molar-refractivity contribution in [2.75, 3.05) is 0 Å². The number of rotatable bonds is 3. The van der Waals surface area contributed by atoms with Gasteiger partial charge in [-0.25, -0.2) is 0 Å². The lowest BCUT2D eigenvalue weighted by Crippen LogP contribution is -2.12. The first kappa shape index (κ1) is 9.53. The van der Waals surface area contributed by atoms with Gasteiger partial charge >= 0.3 is 6.18 Å². The van der Waals surface area contributed by atoms with E-state index in [1.54, 1.807) is 6.92 Å². The highest BCUT2D eigenvalue weighted by molar-refractivity contribution is 4.79. The Morgan fingerprint density at radius 2 is 2.00 bits per heavy atom. The van der Waals surface area contributed by atoms with Crippen molar-refractivity contribution in [3.05, 3.63) is 12.7 Å². The second kappa shape index (κ2) is 3.64. The van der Waals surface area contributed by atoms with E-state index in [9.17, 15) is 13.2 Å². The summed E-state index contributed by atoms with van der Waals surface area (Å²) in [5.41, 5.74) is 0. The van der Waals surface area contributed by atoms with Crippen molar-refractivity contribution >= 4 is 0 Å². The predicted octanol–water partition coefficient (Wildman–Crippen LogP) is 3.15. The lowest BCUT2D eigenvalue weighted by Gasteiger charge is -2.11. The molecule has 0 aliphatic heterocycles. The Morgan fingerprint density at radius 3 is 2.10 bits per heavy atom. The van der Waals surface area contributed by atoms with Crippen LogP contribution in [0.25, 0.3) is 0 Å². The molecule has 0 saturated heterocycles. The molecule has 0 aromatic heterocycles. The van der Waals surface area contributed by atoms with Crippen molar-refractivity contribution in [3.8, 4) is 0 Å². The van der Waals surface area contributed by atoms with Gasteiger partial charge in [0.2, 0.25) is 0 Å². The van der Waals surface area contributed by atoms with E-state index in [1.807, 2.05) is 0 Å². The van der Waals surface area contributed by atoms with Crippen LogP contribution >= 0.6 is 0 Å². The van der Waals surface area contributed by atoms with Gasteiger partial charge in [0.15, 0.2) is 0 Å². The Hall–Kier alpha value is -0.470. The first-order chi connectivity index (χ1) is 4.49. The van der Waals surface area contributed by atoms with Gasteiger partial charge in [-0.05, 0) is 12.3 Å². The zero-order valence-corrected chi connectivity index (χ0v) is 5.91. The maximum Gasteiger partial charge on any atom is 0.389 e. The Balaban J connectivity index is 3.74. The van der Waals surface area contributed by atoms with Crippen LogP contribution in [0, 0.1) is 5.92 Å². The van der Waals surface area contributed by atoms with Crippen LogP contribution in [0.4, 0.5) is 13.2 Å². The zero-order valence-electron chi connectivity index (χ0n) is 5.91. The molecule has 0 bridgehead atoms. The molecule has 0 aromatic carbocycles. The van der Waals surface area contributed by atoms with Crippen LogP contribution in [0.3, 0.4) is 0 Å².